The molecule has 0 atom stereocenters. The first-order chi connectivity index (χ1) is 14.7. The van der Waals surface area contributed by atoms with Crippen LogP contribution in [0, 0.1) is 0 Å². The third-order valence-corrected chi connectivity index (χ3v) is 4.73. The second-order valence-corrected chi connectivity index (χ2v) is 8.04. The third-order valence-electron chi connectivity index (χ3n) is 4.73. The van der Waals surface area contributed by atoms with Gasteiger partial charge < -0.3 is 24.2 Å². The molecule has 0 saturated heterocycles. The number of carbonyl (C=O) groups excluding carboxylic acids is 1. The molecule has 1 N–H and O–H groups in total. The summed E-state index contributed by atoms with van der Waals surface area (Å²) >= 11 is 0. The number of esters is 1. The van der Waals surface area contributed by atoms with Gasteiger partial charge in [0.2, 0.25) is 0 Å². The van der Waals surface area contributed by atoms with Crippen LogP contribution in [-0.4, -0.2) is 54.7 Å². The summed E-state index contributed by atoms with van der Waals surface area (Å²) in [6.07, 6.45) is -0.409. The largest absolute Gasteiger partial charge is 0.467 e. The maximum atomic E-state index is 12.2. The molecule has 168 valence electrons. The Morgan fingerprint density at radius 1 is 1.10 bits per heavy atom. The molecular weight excluding hydrogens is 398 g/mol. The topological polar surface area (TPSA) is 85.3 Å². The van der Waals surface area contributed by atoms with Gasteiger partial charge in [-0.15, -0.1) is 0 Å². The summed E-state index contributed by atoms with van der Waals surface area (Å²) < 4.78 is 15.9. The highest BCUT2D eigenvalue weighted by Gasteiger charge is 2.25. The predicted molar refractivity (Wildman–Crippen MR) is 119 cm³/mol. The first-order valence-corrected chi connectivity index (χ1v) is 10.2. The molecule has 0 radical (unpaired) electrons. The van der Waals surface area contributed by atoms with Gasteiger partial charge in [-0.05, 0) is 69.5 Å². The Morgan fingerprint density at radius 2 is 1.84 bits per heavy atom. The quantitative estimate of drug-likeness (QED) is 0.454. The van der Waals surface area contributed by atoms with E-state index in [1.807, 2.05) is 45.0 Å². The number of amides is 1. The normalized spacial score (nSPS) is 11.1. The highest BCUT2D eigenvalue weighted by Crippen LogP contribution is 2.32. The summed E-state index contributed by atoms with van der Waals surface area (Å²) in [6, 6.07) is 12.8. The van der Waals surface area contributed by atoms with E-state index in [-0.39, 0.29) is 12.8 Å². The Labute approximate surface area is 183 Å². The van der Waals surface area contributed by atoms with E-state index in [4.69, 9.17) is 14.2 Å². The van der Waals surface area contributed by atoms with Crippen LogP contribution < -0.4 is 4.74 Å². The molecule has 0 aromatic heterocycles. The fourth-order valence-electron chi connectivity index (χ4n) is 3.19. The molecule has 0 fully saturated rings. The molecule has 2 aromatic carbocycles. The summed E-state index contributed by atoms with van der Waals surface area (Å²) in [5, 5.41) is 9.54. The monoisotopic (exact) mass is 429 g/mol. The Kier molecular flexibility index (Phi) is 8.45. The molecule has 7 nitrogen and oxygen atoms in total. The molecule has 0 aliphatic carbocycles. The maximum Gasteiger partial charge on any atom is 0.407 e. The van der Waals surface area contributed by atoms with Crippen molar-refractivity contribution in [1.29, 1.82) is 0 Å². The summed E-state index contributed by atoms with van der Waals surface area (Å²) in [5.41, 5.74) is 2.50. The van der Waals surface area contributed by atoms with E-state index < -0.39 is 11.6 Å². The molecule has 31 heavy (non-hydrogen) atoms. The van der Waals surface area contributed by atoms with Crippen molar-refractivity contribution in [2.24, 2.45) is 0 Å². The van der Waals surface area contributed by atoms with Crippen LogP contribution in [0.15, 0.2) is 42.5 Å². The zero-order chi connectivity index (χ0) is 23.0. The highest BCUT2D eigenvalue weighted by atomic mass is 16.7. The van der Waals surface area contributed by atoms with Crippen LogP contribution >= 0.6 is 0 Å². The van der Waals surface area contributed by atoms with Gasteiger partial charge in [-0.3, -0.25) is 0 Å². The second kappa shape index (κ2) is 10.8. The third kappa shape index (κ3) is 6.72. The van der Waals surface area contributed by atoms with Gasteiger partial charge in [0, 0.05) is 24.8 Å². The molecule has 0 bridgehead atoms. The standard InChI is InChI=1S/C24H31NO6/c1-6-30-22(26)19-9-7-8-18(15-19)20-14-17(10-11-21(20)31-16-29-5)12-13-25(23(27)28)24(2,3)4/h7-11,14-15H,6,12-13,16H2,1-5H3,(H,27,28). The average molecular weight is 430 g/mol. The lowest BCUT2D eigenvalue weighted by Crippen LogP contribution is -2.45. The van der Waals surface area contributed by atoms with E-state index in [0.29, 0.717) is 30.9 Å². The first kappa shape index (κ1) is 24.2. The van der Waals surface area contributed by atoms with Crippen molar-refractivity contribution in [2.45, 2.75) is 39.7 Å². The molecule has 0 unspecified atom stereocenters. The van der Waals surface area contributed by atoms with Crippen molar-refractivity contribution >= 4 is 12.1 Å². The van der Waals surface area contributed by atoms with Crippen LogP contribution in [-0.2, 0) is 15.9 Å². The van der Waals surface area contributed by atoms with Gasteiger partial charge in [-0.1, -0.05) is 18.2 Å². The van der Waals surface area contributed by atoms with E-state index in [1.54, 1.807) is 32.2 Å². The van der Waals surface area contributed by atoms with Gasteiger partial charge in [0.05, 0.1) is 12.2 Å². The molecule has 0 aliphatic rings. The van der Waals surface area contributed by atoms with Gasteiger partial charge in [0.1, 0.15) is 5.75 Å². The number of ether oxygens (including phenoxy) is 3. The fraction of sp³-hybridized carbons (Fsp3) is 0.417. The first-order valence-electron chi connectivity index (χ1n) is 10.2. The van der Waals surface area contributed by atoms with Crippen molar-refractivity contribution in [1.82, 2.24) is 4.90 Å². The summed E-state index contributed by atoms with van der Waals surface area (Å²) in [5.74, 6) is 0.222. The van der Waals surface area contributed by atoms with Crippen molar-refractivity contribution in [3.05, 3.63) is 53.6 Å². The lowest BCUT2D eigenvalue weighted by molar-refractivity contribution is 0.0513. The number of carboxylic acid groups (broad SMARTS) is 1. The molecule has 0 heterocycles. The van der Waals surface area contributed by atoms with E-state index in [9.17, 15) is 14.7 Å². The highest BCUT2D eigenvalue weighted by molar-refractivity contribution is 5.91. The number of benzene rings is 2. The molecule has 0 spiro atoms. The zero-order valence-corrected chi connectivity index (χ0v) is 18.8. The minimum Gasteiger partial charge on any atom is -0.467 e. The predicted octanol–water partition coefficient (Wildman–Crippen LogP) is 4.83. The molecule has 7 heteroatoms. The SMILES string of the molecule is CCOC(=O)c1cccc(-c2cc(CCN(C(=O)O)C(C)(C)C)ccc2OCOC)c1. The number of hydrogen-bond acceptors (Lipinski definition) is 5. The Morgan fingerprint density at radius 3 is 2.45 bits per heavy atom. The van der Waals surface area contributed by atoms with Crippen LogP contribution in [0.5, 0.6) is 5.75 Å². The Bertz CT molecular complexity index is 903. The Balaban J connectivity index is 2.37. The van der Waals surface area contributed by atoms with Gasteiger partial charge in [-0.2, -0.15) is 0 Å². The number of carbonyl (C=O) groups is 2. The maximum absolute atomic E-state index is 12.2. The van der Waals surface area contributed by atoms with Crippen molar-refractivity contribution in [3.63, 3.8) is 0 Å². The molecule has 2 rings (SSSR count). The van der Waals surface area contributed by atoms with Crippen molar-refractivity contribution < 1.29 is 28.9 Å². The number of nitrogens with zero attached hydrogens (tertiary/aromatic N) is 1. The average Bonchev–Trinajstić information content (AvgIpc) is 2.71. The van der Waals surface area contributed by atoms with E-state index in [2.05, 4.69) is 0 Å². The van der Waals surface area contributed by atoms with Gasteiger partial charge in [-0.25, -0.2) is 9.59 Å². The van der Waals surface area contributed by atoms with Crippen LogP contribution in [0.4, 0.5) is 4.79 Å². The number of hydrogen-bond donors (Lipinski definition) is 1. The zero-order valence-electron chi connectivity index (χ0n) is 18.8. The minimum atomic E-state index is -0.949. The number of rotatable bonds is 9. The second-order valence-electron chi connectivity index (χ2n) is 8.04. The smallest absolute Gasteiger partial charge is 0.407 e. The van der Waals surface area contributed by atoms with E-state index in [1.165, 1.54) is 4.90 Å². The molecular formula is C24H31NO6. The van der Waals surface area contributed by atoms with Gasteiger partial charge in [0.25, 0.3) is 0 Å². The van der Waals surface area contributed by atoms with Crippen LogP contribution in [0.3, 0.4) is 0 Å². The minimum absolute atomic E-state index is 0.0841. The van der Waals surface area contributed by atoms with Gasteiger partial charge in [0.15, 0.2) is 6.79 Å². The van der Waals surface area contributed by atoms with Crippen LogP contribution in [0.1, 0.15) is 43.6 Å². The summed E-state index contributed by atoms with van der Waals surface area (Å²) in [6.45, 7) is 8.12. The van der Waals surface area contributed by atoms with E-state index in [0.717, 1.165) is 16.7 Å². The fourth-order valence-corrected chi connectivity index (χ4v) is 3.19. The van der Waals surface area contributed by atoms with Crippen LogP contribution in [0.2, 0.25) is 0 Å². The molecule has 0 aliphatic heterocycles. The number of methoxy groups -OCH3 is 1. The van der Waals surface area contributed by atoms with E-state index >= 15 is 0 Å². The van der Waals surface area contributed by atoms with Crippen molar-refractivity contribution in [2.75, 3.05) is 27.1 Å². The lowest BCUT2D eigenvalue weighted by atomic mass is 9.98. The summed E-state index contributed by atoms with van der Waals surface area (Å²) in [7, 11) is 1.54. The molecule has 0 saturated carbocycles. The molecule has 2 aromatic rings. The lowest BCUT2D eigenvalue weighted by Gasteiger charge is -2.33. The van der Waals surface area contributed by atoms with Crippen LogP contribution in [0.25, 0.3) is 11.1 Å². The molecule has 1 amide bonds. The Hall–Kier alpha value is -3.06. The van der Waals surface area contributed by atoms with Gasteiger partial charge >= 0.3 is 12.1 Å². The van der Waals surface area contributed by atoms with Crippen molar-refractivity contribution in [3.8, 4) is 16.9 Å². The summed E-state index contributed by atoms with van der Waals surface area (Å²) in [4.78, 5) is 25.2.